The van der Waals surface area contributed by atoms with Gasteiger partial charge >= 0.3 is 5.97 Å². The molecule has 6 nitrogen and oxygen atoms in total. The molecule has 0 fully saturated rings. The average Bonchev–Trinajstić information content (AvgIpc) is 2.36. The van der Waals surface area contributed by atoms with Crippen molar-refractivity contribution in [3.63, 3.8) is 0 Å². The van der Waals surface area contributed by atoms with E-state index < -0.39 is 21.9 Å². The number of para-hydroxylation sites is 1. The summed E-state index contributed by atoms with van der Waals surface area (Å²) in [6.45, 7) is 3.04. The third kappa shape index (κ3) is 4.06. The molecule has 0 aliphatic carbocycles. The smallest absolute Gasteiger partial charge is 0.327 e. The number of benzene rings is 1. The van der Waals surface area contributed by atoms with Gasteiger partial charge < -0.3 is 4.74 Å². The Kier molecular flexibility index (Phi) is 5.50. The molecule has 0 heterocycles. The Morgan fingerprint density at radius 1 is 1.42 bits per heavy atom. The second-order valence-corrected chi connectivity index (χ2v) is 4.73. The second kappa shape index (κ2) is 6.89. The number of Topliss-reactive ketones (excluding diaryl/α,β-unsaturated/α-hetero) is 1. The molecule has 1 aromatic carbocycles. The third-order valence-corrected chi connectivity index (χ3v) is 3.54. The van der Waals surface area contributed by atoms with Gasteiger partial charge in [-0.05, 0) is 19.9 Å². The summed E-state index contributed by atoms with van der Waals surface area (Å²) >= 11 is 0.834. The highest BCUT2D eigenvalue weighted by molar-refractivity contribution is 8.01. The van der Waals surface area contributed by atoms with Crippen molar-refractivity contribution in [1.29, 1.82) is 0 Å². The number of thioether (sulfide) groups is 1. The summed E-state index contributed by atoms with van der Waals surface area (Å²) in [5.41, 5.74) is -0.136. The van der Waals surface area contributed by atoms with Crippen LogP contribution in [0.1, 0.15) is 13.8 Å². The van der Waals surface area contributed by atoms with Crippen LogP contribution in [0, 0.1) is 10.1 Å². The first-order chi connectivity index (χ1) is 8.97. The van der Waals surface area contributed by atoms with Crippen molar-refractivity contribution in [3.05, 3.63) is 34.4 Å². The van der Waals surface area contributed by atoms with Gasteiger partial charge in [-0.25, -0.2) is 0 Å². The number of ketones is 1. The molecule has 0 bridgehead atoms. The Balaban J connectivity index is 3.00. The molecule has 1 atom stereocenters. The van der Waals surface area contributed by atoms with E-state index in [0.29, 0.717) is 0 Å². The van der Waals surface area contributed by atoms with E-state index in [4.69, 9.17) is 4.74 Å². The first kappa shape index (κ1) is 15.2. The Bertz CT molecular complexity index is 503. The highest BCUT2D eigenvalue weighted by Gasteiger charge is 2.28. The van der Waals surface area contributed by atoms with Gasteiger partial charge in [0.05, 0.1) is 16.4 Å². The molecule has 0 radical (unpaired) electrons. The lowest BCUT2D eigenvalue weighted by molar-refractivity contribution is -0.387. The first-order valence-electron chi connectivity index (χ1n) is 5.54. The number of nitro benzene ring substituents is 1. The highest BCUT2D eigenvalue weighted by atomic mass is 32.2. The van der Waals surface area contributed by atoms with E-state index in [1.54, 1.807) is 13.0 Å². The fraction of sp³-hybridized carbons (Fsp3) is 0.333. The minimum Gasteiger partial charge on any atom is -0.465 e. The standard InChI is InChI=1S/C12H13NO5S/c1-3-18-12(15)11(8(2)14)19-10-7-5-4-6-9(10)13(16)17/h4-7,11H,3H2,1-2H3/t11-/m0/s1. The molecule has 0 aliphatic heterocycles. The Labute approximate surface area is 114 Å². The Morgan fingerprint density at radius 3 is 2.58 bits per heavy atom. The molecule has 0 unspecified atom stereocenters. The van der Waals surface area contributed by atoms with Crippen molar-refractivity contribution in [2.45, 2.75) is 24.0 Å². The Hall–Kier alpha value is -1.89. The van der Waals surface area contributed by atoms with Gasteiger partial charge in [0.25, 0.3) is 5.69 Å². The summed E-state index contributed by atoms with van der Waals surface area (Å²) in [6.07, 6.45) is 0. The predicted molar refractivity (Wildman–Crippen MR) is 70.1 cm³/mol. The average molecular weight is 283 g/mol. The van der Waals surface area contributed by atoms with Gasteiger partial charge in [0, 0.05) is 6.07 Å². The highest BCUT2D eigenvalue weighted by Crippen LogP contribution is 2.32. The van der Waals surface area contributed by atoms with Crippen molar-refractivity contribution in [3.8, 4) is 0 Å². The van der Waals surface area contributed by atoms with Gasteiger partial charge in [0.2, 0.25) is 0 Å². The van der Waals surface area contributed by atoms with Crippen molar-refractivity contribution in [1.82, 2.24) is 0 Å². The number of nitro groups is 1. The zero-order valence-electron chi connectivity index (χ0n) is 10.5. The summed E-state index contributed by atoms with van der Waals surface area (Å²) in [7, 11) is 0. The molecule has 0 saturated carbocycles. The maximum atomic E-state index is 11.6. The van der Waals surface area contributed by atoms with E-state index in [1.165, 1.54) is 25.1 Å². The Morgan fingerprint density at radius 2 is 2.05 bits per heavy atom. The van der Waals surface area contributed by atoms with E-state index in [1.807, 2.05) is 0 Å². The first-order valence-corrected chi connectivity index (χ1v) is 6.42. The van der Waals surface area contributed by atoms with Crippen LogP contribution in [-0.2, 0) is 14.3 Å². The summed E-state index contributed by atoms with van der Waals surface area (Å²) in [6, 6.07) is 5.95. The summed E-state index contributed by atoms with van der Waals surface area (Å²) < 4.78 is 4.79. The van der Waals surface area contributed by atoms with E-state index in [0.717, 1.165) is 11.8 Å². The molecule has 1 aromatic rings. The largest absolute Gasteiger partial charge is 0.465 e. The van der Waals surface area contributed by atoms with Gasteiger partial charge in [-0.2, -0.15) is 0 Å². The molecule has 19 heavy (non-hydrogen) atoms. The quantitative estimate of drug-likeness (QED) is 0.261. The molecule has 0 spiro atoms. The van der Waals surface area contributed by atoms with Crippen LogP contribution < -0.4 is 0 Å². The topological polar surface area (TPSA) is 86.5 Å². The monoisotopic (exact) mass is 283 g/mol. The predicted octanol–water partition coefficient (Wildman–Crippen LogP) is 2.21. The van der Waals surface area contributed by atoms with Crippen molar-refractivity contribution in [2.24, 2.45) is 0 Å². The van der Waals surface area contributed by atoms with Crippen LogP contribution in [0.15, 0.2) is 29.2 Å². The molecule has 0 aliphatic rings. The number of nitrogens with zero attached hydrogens (tertiary/aromatic N) is 1. The van der Waals surface area contributed by atoms with Crippen LogP contribution in [0.2, 0.25) is 0 Å². The van der Waals surface area contributed by atoms with E-state index in [9.17, 15) is 19.7 Å². The molecule has 0 saturated heterocycles. The van der Waals surface area contributed by atoms with Gasteiger partial charge in [0.1, 0.15) is 0 Å². The minimum atomic E-state index is -1.08. The molecular formula is C12H13NO5S. The van der Waals surface area contributed by atoms with E-state index >= 15 is 0 Å². The zero-order chi connectivity index (χ0) is 14.4. The number of rotatable bonds is 6. The fourth-order valence-corrected chi connectivity index (χ4v) is 2.35. The van der Waals surface area contributed by atoms with Gasteiger partial charge in [0.15, 0.2) is 11.0 Å². The van der Waals surface area contributed by atoms with Gasteiger partial charge in [-0.15, -0.1) is 0 Å². The summed E-state index contributed by atoms with van der Waals surface area (Å²) in [5.74, 6) is -1.08. The molecule has 0 aromatic heterocycles. The molecular weight excluding hydrogens is 270 g/mol. The lowest BCUT2D eigenvalue weighted by Gasteiger charge is -2.12. The van der Waals surface area contributed by atoms with Crippen molar-refractivity contribution < 1.29 is 19.2 Å². The van der Waals surface area contributed by atoms with Crippen LogP contribution in [0.4, 0.5) is 5.69 Å². The van der Waals surface area contributed by atoms with Crippen molar-refractivity contribution in [2.75, 3.05) is 6.61 Å². The second-order valence-electron chi connectivity index (χ2n) is 3.59. The lowest BCUT2D eigenvalue weighted by Crippen LogP contribution is -2.27. The van der Waals surface area contributed by atoms with Crippen molar-refractivity contribution >= 4 is 29.2 Å². The van der Waals surface area contributed by atoms with Crippen LogP contribution in [0.3, 0.4) is 0 Å². The SMILES string of the molecule is CCOC(=O)[C@@H](Sc1ccccc1[N+](=O)[O-])C(C)=O. The number of hydrogen-bond donors (Lipinski definition) is 0. The van der Waals surface area contributed by atoms with Crippen LogP contribution in [0.5, 0.6) is 0 Å². The number of carbonyl (C=O) groups is 2. The zero-order valence-corrected chi connectivity index (χ0v) is 11.3. The third-order valence-electron chi connectivity index (χ3n) is 2.18. The number of esters is 1. The summed E-state index contributed by atoms with van der Waals surface area (Å²) in [4.78, 5) is 33.7. The molecule has 7 heteroatoms. The molecule has 1 rings (SSSR count). The van der Waals surface area contributed by atoms with Crippen LogP contribution in [0.25, 0.3) is 0 Å². The van der Waals surface area contributed by atoms with Gasteiger partial charge in [-0.1, -0.05) is 23.9 Å². The molecule has 102 valence electrons. The van der Waals surface area contributed by atoms with Crippen LogP contribution in [-0.4, -0.2) is 28.5 Å². The van der Waals surface area contributed by atoms with E-state index in [2.05, 4.69) is 0 Å². The molecule has 0 N–H and O–H groups in total. The molecule has 0 amide bonds. The van der Waals surface area contributed by atoms with Gasteiger partial charge in [-0.3, -0.25) is 19.7 Å². The summed E-state index contributed by atoms with van der Waals surface area (Å²) in [5, 5.41) is 9.78. The maximum absolute atomic E-state index is 11.6. The van der Waals surface area contributed by atoms with E-state index in [-0.39, 0.29) is 17.2 Å². The number of carbonyl (C=O) groups excluding carboxylic acids is 2. The minimum absolute atomic E-state index is 0.136. The normalized spacial score (nSPS) is 11.7. The number of hydrogen-bond acceptors (Lipinski definition) is 6. The lowest BCUT2D eigenvalue weighted by atomic mass is 10.3. The number of ether oxygens (including phenoxy) is 1. The fourth-order valence-electron chi connectivity index (χ4n) is 1.35. The van der Waals surface area contributed by atoms with Crippen LogP contribution >= 0.6 is 11.8 Å². The maximum Gasteiger partial charge on any atom is 0.327 e.